The van der Waals surface area contributed by atoms with Crippen LogP contribution in [-0.4, -0.2) is 22.5 Å². The summed E-state index contributed by atoms with van der Waals surface area (Å²) >= 11 is 3.20. The molecule has 1 aliphatic heterocycles. The van der Waals surface area contributed by atoms with Gasteiger partial charge in [0.25, 0.3) is 0 Å². The maximum absolute atomic E-state index is 11.0. The lowest BCUT2D eigenvalue weighted by molar-refractivity contribution is -0.384. The van der Waals surface area contributed by atoms with E-state index in [4.69, 9.17) is 0 Å². The second-order valence-corrected chi connectivity index (χ2v) is 4.85. The molecule has 0 radical (unpaired) electrons. The second kappa shape index (κ2) is 4.37. The lowest BCUT2D eigenvalue weighted by Gasteiger charge is -2.21. The molecule has 0 spiro atoms. The van der Waals surface area contributed by atoms with Crippen LogP contribution in [0, 0.1) is 10.1 Å². The van der Waals surface area contributed by atoms with E-state index in [1.807, 2.05) is 4.90 Å². The van der Waals surface area contributed by atoms with Crippen LogP contribution >= 0.6 is 15.9 Å². The predicted molar refractivity (Wildman–Crippen MR) is 64.6 cm³/mol. The minimum atomic E-state index is -0.377. The SMILES string of the molecule is C[C@H]1CCCN1c1ncc(Br)cc1[N+](=O)[O-]. The van der Waals surface area contributed by atoms with Crippen LogP contribution in [0.25, 0.3) is 0 Å². The Hall–Kier alpha value is -1.17. The summed E-state index contributed by atoms with van der Waals surface area (Å²) in [4.78, 5) is 16.8. The Morgan fingerprint density at radius 2 is 2.44 bits per heavy atom. The summed E-state index contributed by atoms with van der Waals surface area (Å²) in [6.45, 7) is 2.91. The number of aromatic nitrogens is 1. The van der Waals surface area contributed by atoms with Crippen molar-refractivity contribution in [3.63, 3.8) is 0 Å². The minimum absolute atomic E-state index is 0.0723. The molecule has 86 valence electrons. The monoisotopic (exact) mass is 285 g/mol. The summed E-state index contributed by atoms with van der Waals surface area (Å²) in [5.74, 6) is 0.484. The van der Waals surface area contributed by atoms with Crippen LogP contribution in [0.1, 0.15) is 19.8 Å². The third-order valence-electron chi connectivity index (χ3n) is 2.84. The molecule has 1 aliphatic rings. The largest absolute Gasteiger partial charge is 0.348 e. The molecular weight excluding hydrogens is 274 g/mol. The third-order valence-corrected chi connectivity index (χ3v) is 3.27. The molecule has 0 aliphatic carbocycles. The molecule has 2 rings (SSSR count). The van der Waals surface area contributed by atoms with Gasteiger partial charge < -0.3 is 4.90 Å². The Morgan fingerprint density at radius 3 is 3.00 bits per heavy atom. The van der Waals surface area contributed by atoms with E-state index in [9.17, 15) is 10.1 Å². The van der Waals surface area contributed by atoms with Gasteiger partial charge in [0.1, 0.15) is 0 Å². The molecule has 0 unspecified atom stereocenters. The van der Waals surface area contributed by atoms with Gasteiger partial charge in [-0.1, -0.05) is 0 Å². The Labute approximate surface area is 102 Å². The molecule has 0 N–H and O–H groups in total. The van der Waals surface area contributed by atoms with Crippen LogP contribution in [0.5, 0.6) is 0 Å². The quantitative estimate of drug-likeness (QED) is 0.619. The normalized spacial score (nSPS) is 20.1. The number of rotatable bonds is 2. The van der Waals surface area contributed by atoms with Crippen LogP contribution in [0.15, 0.2) is 16.7 Å². The van der Waals surface area contributed by atoms with Gasteiger partial charge in [-0.2, -0.15) is 0 Å². The van der Waals surface area contributed by atoms with E-state index in [-0.39, 0.29) is 10.6 Å². The van der Waals surface area contributed by atoms with E-state index in [2.05, 4.69) is 27.8 Å². The van der Waals surface area contributed by atoms with Gasteiger partial charge in [0.2, 0.25) is 5.82 Å². The highest BCUT2D eigenvalue weighted by molar-refractivity contribution is 9.10. The minimum Gasteiger partial charge on any atom is -0.348 e. The smallest absolute Gasteiger partial charge is 0.312 e. The molecule has 5 nitrogen and oxygen atoms in total. The first-order valence-corrected chi connectivity index (χ1v) is 5.95. The highest BCUT2D eigenvalue weighted by atomic mass is 79.9. The third kappa shape index (κ3) is 2.02. The van der Waals surface area contributed by atoms with Crippen molar-refractivity contribution in [1.29, 1.82) is 0 Å². The van der Waals surface area contributed by atoms with Crippen LogP contribution < -0.4 is 4.90 Å². The lowest BCUT2D eigenvalue weighted by atomic mass is 10.2. The highest BCUT2D eigenvalue weighted by Gasteiger charge is 2.28. The molecule has 1 saturated heterocycles. The number of anilines is 1. The van der Waals surface area contributed by atoms with Gasteiger partial charge in [-0.25, -0.2) is 4.98 Å². The Kier molecular flexibility index (Phi) is 3.09. The van der Waals surface area contributed by atoms with E-state index >= 15 is 0 Å². The van der Waals surface area contributed by atoms with E-state index in [1.165, 1.54) is 6.07 Å². The molecule has 1 aromatic heterocycles. The average molecular weight is 286 g/mol. The summed E-state index contributed by atoms with van der Waals surface area (Å²) in [5, 5.41) is 11.0. The molecule has 2 heterocycles. The Bertz CT molecular complexity index is 425. The molecular formula is C10H12BrN3O2. The molecule has 6 heteroatoms. The highest BCUT2D eigenvalue weighted by Crippen LogP contribution is 2.32. The number of hydrogen-bond acceptors (Lipinski definition) is 4. The van der Waals surface area contributed by atoms with Gasteiger partial charge in [-0.05, 0) is 35.7 Å². The molecule has 1 fully saturated rings. The Balaban J connectivity index is 2.43. The zero-order valence-corrected chi connectivity index (χ0v) is 10.5. The number of hydrogen-bond donors (Lipinski definition) is 0. The maximum atomic E-state index is 11.0. The second-order valence-electron chi connectivity index (χ2n) is 3.94. The van der Waals surface area contributed by atoms with E-state index in [0.717, 1.165) is 19.4 Å². The van der Waals surface area contributed by atoms with Crippen molar-refractivity contribution in [2.24, 2.45) is 0 Å². The topological polar surface area (TPSA) is 59.3 Å². The van der Waals surface area contributed by atoms with Crippen LogP contribution in [-0.2, 0) is 0 Å². The van der Waals surface area contributed by atoms with E-state index < -0.39 is 0 Å². The molecule has 0 saturated carbocycles. The molecule has 0 aromatic carbocycles. The maximum Gasteiger partial charge on any atom is 0.312 e. The summed E-state index contributed by atoms with van der Waals surface area (Å²) < 4.78 is 0.634. The van der Waals surface area contributed by atoms with E-state index in [0.29, 0.717) is 16.3 Å². The van der Waals surface area contributed by atoms with Crippen molar-refractivity contribution in [3.8, 4) is 0 Å². The van der Waals surface area contributed by atoms with Crippen molar-refractivity contribution in [2.45, 2.75) is 25.8 Å². The standard InChI is InChI=1S/C10H12BrN3O2/c1-7-3-2-4-13(7)10-9(14(15)16)5-8(11)6-12-10/h5-7H,2-4H2,1H3/t7-/m0/s1. The van der Waals surface area contributed by atoms with Crippen LogP contribution in [0.3, 0.4) is 0 Å². The summed E-state index contributed by atoms with van der Waals surface area (Å²) in [6, 6.07) is 1.83. The van der Waals surface area contributed by atoms with Crippen molar-refractivity contribution in [2.75, 3.05) is 11.4 Å². The summed E-state index contributed by atoms with van der Waals surface area (Å²) in [7, 11) is 0. The summed E-state index contributed by atoms with van der Waals surface area (Å²) in [5.41, 5.74) is 0.0723. The van der Waals surface area contributed by atoms with Gasteiger partial charge >= 0.3 is 5.69 Å². The van der Waals surface area contributed by atoms with Crippen molar-refractivity contribution < 1.29 is 4.92 Å². The zero-order chi connectivity index (χ0) is 11.7. The van der Waals surface area contributed by atoms with Crippen molar-refractivity contribution in [1.82, 2.24) is 4.98 Å². The first-order chi connectivity index (χ1) is 7.59. The zero-order valence-electron chi connectivity index (χ0n) is 8.89. The van der Waals surface area contributed by atoms with Gasteiger partial charge in [-0.3, -0.25) is 10.1 Å². The van der Waals surface area contributed by atoms with Gasteiger partial charge in [0.15, 0.2) is 0 Å². The number of halogens is 1. The van der Waals surface area contributed by atoms with Crippen LogP contribution in [0.2, 0.25) is 0 Å². The molecule has 16 heavy (non-hydrogen) atoms. The fraction of sp³-hybridized carbons (Fsp3) is 0.500. The molecule has 1 atom stereocenters. The number of pyridine rings is 1. The van der Waals surface area contributed by atoms with Crippen LogP contribution in [0.4, 0.5) is 11.5 Å². The molecule has 0 bridgehead atoms. The van der Waals surface area contributed by atoms with Gasteiger partial charge in [0, 0.05) is 29.3 Å². The van der Waals surface area contributed by atoms with Gasteiger partial charge in [-0.15, -0.1) is 0 Å². The van der Waals surface area contributed by atoms with Crippen molar-refractivity contribution >= 4 is 27.4 Å². The first-order valence-electron chi connectivity index (χ1n) is 5.16. The van der Waals surface area contributed by atoms with E-state index in [1.54, 1.807) is 6.20 Å². The Morgan fingerprint density at radius 1 is 1.69 bits per heavy atom. The summed E-state index contributed by atoms with van der Waals surface area (Å²) in [6.07, 6.45) is 3.73. The fourth-order valence-corrected chi connectivity index (χ4v) is 2.34. The fourth-order valence-electron chi connectivity index (χ4n) is 2.02. The number of nitro groups is 1. The lowest BCUT2D eigenvalue weighted by Crippen LogP contribution is -2.27. The van der Waals surface area contributed by atoms with Gasteiger partial charge in [0.05, 0.1) is 4.92 Å². The first kappa shape index (κ1) is 11.3. The average Bonchev–Trinajstić information content (AvgIpc) is 2.64. The number of nitrogens with zero attached hydrogens (tertiary/aromatic N) is 3. The molecule has 1 aromatic rings. The predicted octanol–water partition coefficient (Wildman–Crippen LogP) is 2.74. The van der Waals surface area contributed by atoms with Crippen molar-refractivity contribution in [3.05, 3.63) is 26.9 Å². The molecule has 0 amide bonds.